The Balaban J connectivity index is 1.51. The first-order chi connectivity index (χ1) is 12.4. The van der Waals surface area contributed by atoms with Crippen LogP contribution in [0, 0.1) is 0 Å². The number of ether oxygens (including phenoxy) is 2. The van der Waals surface area contributed by atoms with E-state index in [9.17, 15) is 4.79 Å². The van der Waals surface area contributed by atoms with E-state index < -0.39 is 5.63 Å². The Bertz CT molecular complexity index is 1040. The van der Waals surface area contributed by atoms with Crippen LogP contribution in [-0.4, -0.2) is 18.3 Å². The molecule has 0 N–H and O–H groups in total. The SMILES string of the molecule is C/C(=C/COc1c2ccoc2cc2oc(=O)ccc12)CCC1OC1(C)C. The van der Waals surface area contributed by atoms with Crippen LogP contribution in [-0.2, 0) is 4.74 Å². The fourth-order valence-corrected chi connectivity index (χ4v) is 3.23. The van der Waals surface area contributed by atoms with Crippen molar-refractivity contribution in [2.45, 2.75) is 45.3 Å². The quantitative estimate of drug-likeness (QED) is 0.361. The third-order valence-corrected chi connectivity index (χ3v) is 4.93. The van der Waals surface area contributed by atoms with Crippen LogP contribution in [0.4, 0.5) is 0 Å². The zero-order valence-electron chi connectivity index (χ0n) is 15.2. The van der Waals surface area contributed by atoms with E-state index in [0.717, 1.165) is 23.6 Å². The smallest absolute Gasteiger partial charge is 0.336 e. The van der Waals surface area contributed by atoms with Crippen molar-refractivity contribution < 1.29 is 18.3 Å². The lowest BCUT2D eigenvalue weighted by Crippen LogP contribution is -2.03. The lowest BCUT2D eigenvalue weighted by Gasteiger charge is -2.09. The van der Waals surface area contributed by atoms with E-state index in [2.05, 4.69) is 26.8 Å². The molecule has 1 aliphatic heterocycles. The molecule has 0 bridgehead atoms. The molecule has 1 unspecified atom stereocenters. The van der Waals surface area contributed by atoms with Gasteiger partial charge in [0.25, 0.3) is 0 Å². The molecule has 26 heavy (non-hydrogen) atoms. The first-order valence-electron chi connectivity index (χ1n) is 8.84. The summed E-state index contributed by atoms with van der Waals surface area (Å²) in [5.41, 5.74) is 2.01. The maximum absolute atomic E-state index is 11.5. The van der Waals surface area contributed by atoms with Crippen LogP contribution >= 0.6 is 0 Å². The fourth-order valence-electron chi connectivity index (χ4n) is 3.23. The average molecular weight is 354 g/mol. The van der Waals surface area contributed by atoms with Gasteiger partial charge in [-0.25, -0.2) is 4.79 Å². The standard InChI is InChI=1S/C21H22O5/c1-13(4-6-18-21(2,3)26-18)8-10-24-20-14-5-7-19(22)25-17(14)12-16-15(20)9-11-23-16/h5,7-9,11-12,18H,4,6,10H2,1-3H3/b13-8-. The second-order valence-electron chi connectivity index (χ2n) is 7.31. The number of hydrogen-bond donors (Lipinski definition) is 0. The van der Waals surface area contributed by atoms with Gasteiger partial charge in [-0.2, -0.15) is 0 Å². The summed E-state index contributed by atoms with van der Waals surface area (Å²) in [7, 11) is 0. The topological polar surface area (TPSA) is 65.1 Å². The summed E-state index contributed by atoms with van der Waals surface area (Å²) in [6, 6.07) is 6.71. The Morgan fingerprint density at radius 1 is 1.23 bits per heavy atom. The minimum absolute atomic E-state index is 0.0382. The predicted octanol–water partition coefficient (Wildman–Crippen LogP) is 4.82. The third kappa shape index (κ3) is 3.27. The molecule has 3 heterocycles. The largest absolute Gasteiger partial charge is 0.488 e. The highest BCUT2D eigenvalue weighted by atomic mass is 16.6. The van der Waals surface area contributed by atoms with Gasteiger partial charge in [-0.05, 0) is 51.8 Å². The summed E-state index contributed by atoms with van der Waals surface area (Å²) in [4.78, 5) is 11.5. The van der Waals surface area contributed by atoms with E-state index in [1.54, 1.807) is 18.4 Å². The summed E-state index contributed by atoms with van der Waals surface area (Å²) in [5, 5.41) is 1.63. The Kier molecular flexibility index (Phi) is 4.11. The van der Waals surface area contributed by atoms with E-state index in [1.807, 2.05) is 6.07 Å². The van der Waals surface area contributed by atoms with Crippen LogP contribution in [0.25, 0.3) is 21.9 Å². The van der Waals surface area contributed by atoms with E-state index in [0.29, 0.717) is 29.6 Å². The summed E-state index contributed by atoms with van der Waals surface area (Å²) < 4.78 is 22.4. The van der Waals surface area contributed by atoms with Crippen molar-refractivity contribution >= 4 is 21.9 Å². The van der Waals surface area contributed by atoms with Gasteiger partial charge >= 0.3 is 5.63 Å². The lowest BCUT2D eigenvalue weighted by molar-refractivity contribution is 0.320. The molecule has 1 aliphatic rings. The van der Waals surface area contributed by atoms with Crippen molar-refractivity contribution in [1.82, 2.24) is 0 Å². The molecule has 0 spiro atoms. The lowest BCUT2D eigenvalue weighted by atomic mass is 10.0. The highest BCUT2D eigenvalue weighted by molar-refractivity contribution is 6.01. The van der Waals surface area contributed by atoms with Gasteiger partial charge in [0, 0.05) is 12.1 Å². The molecule has 2 aromatic heterocycles. The number of furan rings is 1. The fraction of sp³-hybridized carbons (Fsp3) is 0.381. The Morgan fingerprint density at radius 2 is 2.00 bits per heavy atom. The molecule has 1 fully saturated rings. The number of fused-ring (bicyclic) bond motifs is 2. The van der Waals surface area contributed by atoms with Crippen LogP contribution in [0.15, 0.2) is 55.8 Å². The molecule has 0 saturated carbocycles. The van der Waals surface area contributed by atoms with Crippen LogP contribution in [0.5, 0.6) is 5.75 Å². The van der Waals surface area contributed by atoms with Crippen LogP contribution in [0.2, 0.25) is 0 Å². The van der Waals surface area contributed by atoms with Crippen molar-refractivity contribution in [2.24, 2.45) is 0 Å². The minimum atomic E-state index is -0.393. The van der Waals surface area contributed by atoms with E-state index in [1.165, 1.54) is 11.6 Å². The van der Waals surface area contributed by atoms with E-state index >= 15 is 0 Å². The summed E-state index contributed by atoms with van der Waals surface area (Å²) in [6.07, 6.45) is 6.06. The van der Waals surface area contributed by atoms with Gasteiger partial charge in [-0.1, -0.05) is 5.57 Å². The minimum Gasteiger partial charge on any atom is -0.488 e. The highest BCUT2D eigenvalue weighted by Crippen LogP contribution is 2.39. The van der Waals surface area contributed by atoms with Crippen molar-refractivity contribution in [2.75, 3.05) is 6.61 Å². The van der Waals surface area contributed by atoms with Gasteiger partial charge in [-0.3, -0.25) is 0 Å². The van der Waals surface area contributed by atoms with Gasteiger partial charge in [0.1, 0.15) is 23.5 Å². The first-order valence-corrected chi connectivity index (χ1v) is 8.84. The molecule has 3 aromatic rings. The molecule has 1 atom stereocenters. The molecule has 5 nitrogen and oxygen atoms in total. The second kappa shape index (κ2) is 6.32. The van der Waals surface area contributed by atoms with Crippen LogP contribution < -0.4 is 10.4 Å². The summed E-state index contributed by atoms with van der Waals surface area (Å²) in [6.45, 7) is 6.79. The molecule has 136 valence electrons. The molecule has 4 rings (SSSR count). The second-order valence-corrected chi connectivity index (χ2v) is 7.31. The Morgan fingerprint density at radius 3 is 2.77 bits per heavy atom. The third-order valence-electron chi connectivity index (χ3n) is 4.93. The average Bonchev–Trinajstić information content (AvgIpc) is 2.98. The molecular formula is C21H22O5. The van der Waals surface area contributed by atoms with Gasteiger partial charge in [0.05, 0.1) is 28.7 Å². The monoisotopic (exact) mass is 354 g/mol. The van der Waals surface area contributed by atoms with Crippen molar-refractivity contribution in [1.29, 1.82) is 0 Å². The highest BCUT2D eigenvalue weighted by Gasteiger charge is 2.46. The van der Waals surface area contributed by atoms with Crippen molar-refractivity contribution in [3.8, 4) is 5.75 Å². The normalized spacial score (nSPS) is 19.2. The van der Waals surface area contributed by atoms with Crippen molar-refractivity contribution in [3.63, 3.8) is 0 Å². The first kappa shape index (κ1) is 16.9. The van der Waals surface area contributed by atoms with E-state index in [4.69, 9.17) is 18.3 Å². The zero-order valence-corrected chi connectivity index (χ0v) is 15.2. The zero-order chi connectivity index (χ0) is 18.3. The molecule has 0 radical (unpaired) electrons. The number of benzene rings is 1. The molecule has 1 saturated heterocycles. The Labute approximate surface area is 151 Å². The van der Waals surface area contributed by atoms with Crippen LogP contribution in [0.1, 0.15) is 33.6 Å². The maximum atomic E-state index is 11.5. The summed E-state index contributed by atoms with van der Waals surface area (Å²) >= 11 is 0. The van der Waals surface area contributed by atoms with Crippen LogP contribution in [0.3, 0.4) is 0 Å². The van der Waals surface area contributed by atoms with Crippen molar-refractivity contribution in [3.05, 3.63) is 52.6 Å². The predicted molar refractivity (Wildman–Crippen MR) is 99.7 cm³/mol. The number of allylic oxidation sites excluding steroid dienone is 1. The molecule has 0 aliphatic carbocycles. The van der Waals surface area contributed by atoms with Gasteiger partial charge in [0.15, 0.2) is 0 Å². The van der Waals surface area contributed by atoms with E-state index in [-0.39, 0.29) is 5.60 Å². The number of rotatable bonds is 6. The molecule has 0 amide bonds. The summed E-state index contributed by atoms with van der Waals surface area (Å²) in [5.74, 6) is 0.672. The Hall–Kier alpha value is -2.53. The van der Waals surface area contributed by atoms with Gasteiger partial charge < -0.3 is 18.3 Å². The molecular weight excluding hydrogens is 332 g/mol. The maximum Gasteiger partial charge on any atom is 0.336 e. The molecule has 5 heteroatoms. The van der Waals surface area contributed by atoms with Gasteiger partial charge in [0.2, 0.25) is 0 Å². The molecule has 1 aromatic carbocycles. The number of epoxide rings is 1. The number of hydrogen-bond acceptors (Lipinski definition) is 5. The van der Waals surface area contributed by atoms with Gasteiger partial charge in [-0.15, -0.1) is 0 Å².